The lowest BCUT2D eigenvalue weighted by Gasteiger charge is -2.12. The molecule has 1 saturated heterocycles. The molecule has 1 aromatic rings. The van der Waals surface area contributed by atoms with Crippen LogP contribution in [0.4, 0.5) is 0 Å². The summed E-state index contributed by atoms with van der Waals surface area (Å²) in [6.45, 7) is 3.60. The Kier molecular flexibility index (Phi) is 4.05. The van der Waals surface area contributed by atoms with Gasteiger partial charge in [-0.15, -0.1) is 5.73 Å². The van der Waals surface area contributed by atoms with E-state index in [-0.39, 0.29) is 12.5 Å². The highest BCUT2D eigenvalue weighted by Crippen LogP contribution is 2.37. The van der Waals surface area contributed by atoms with Crippen molar-refractivity contribution in [2.45, 2.75) is 25.0 Å². The molecular formula is C15H16O4. The van der Waals surface area contributed by atoms with Crippen LogP contribution in [0.2, 0.25) is 0 Å². The number of aliphatic carboxylic acids is 1. The number of methoxy groups -OCH3 is 1. The maximum absolute atomic E-state index is 10.8. The number of hydrogen-bond donors (Lipinski definition) is 1. The molecule has 0 aliphatic carbocycles. The molecule has 0 radical (unpaired) electrons. The Morgan fingerprint density at radius 2 is 2.21 bits per heavy atom. The molecule has 1 N–H and O–H groups in total. The topological polar surface area (TPSA) is 55.8 Å². The third kappa shape index (κ3) is 3.05. The standard InChI is InChI=1S/C15H16O4/c1-3-10-8-13(19-14(10)9-15(16)17)11-4-6-12(18-2)7-5-11/h4-7,13-14H,1,8-9H2,2H3,(H,16,17). The van der Waals surface area contributed by atoms with E-state index in [1.807, 2.05) is 24.3 Å². The molecule has 1 aliphatic heterocycles. The van der Waals surface area contributed by atoms with E-state index in [0.29, 0.717) is 6.42 Å². The predicted molar refractivity (Wildman–Crippen MR) is 70.1 cm³/mol. The molecule has 0 spiro atoms. The van der Waals surface area contributed by atoms with E-state index >= 15 is 0 Å². The largest absolute Gasteiger partial charge is 0.497 e. The highest BCUT2D eigenvalue weighted by Gasteiger charge is 2.32. The Morgan fingerprint density at radius 1 is 1.53 bits per heavy atom. The summed E-state index contributed by atoms with van der Waals surface area (Å²) >= 11 is 0. The number of benzene rings is 1. The van der Waals surface area contributed by atoms with Gasteiger partial charge in [0.15, 0.2) is 0 Å². The quantitative estimate of drug-likeness (QED) is 0.846. The van der Waals surface area contributed by atoms with Crippen LogP contribution in [0.3, 0.4) is 0 Å². The smallest absolute Gasteiger partial charge is 0.306 e. The summed E-state index contributed by atoms with van der Waals surface area (Å²) < 4.78 is 10.9. The molecule has 1 aliphatic rings. The van der Waals surface area contributed by atoms with Crippen LogP contribution in [-0.2, 0) is 9.53 Å². The average Bonchev–Trinajstić information content (AvgIpc) is 2.81. The molecule has 1 heterocycles. The minimum Gasteiger partial charge on any atom is -0.497 e. The van der Waals surface area contributed by atoms with E-state index in [9.17, 15) is 4.79 Å². The van der Waals surface area contributed by atoms with E-state index in [1.54, 1.807) is 7.11 Å². The SMILES string of the molecule is C=C=C1CC(c2ccc(OC)cc2)OC1CC(=O)O. The van der Waals surface area contributed by atoms with E-state index in [4.69, 9.17) is 14.6 Å². The summed E-state index contributed by atoms with van der Waals surface area (Å²) in [4.78, 5) is 10.8. The van der Waals surface area contributed by atoms with Crippen LogP contribution in [0.5, 0.6) is 5.75 Å². The zero-order valence-electron chi connectivity index (χ0n) is 10.8. The molecule has 0 bridgehead atoms. The van der Waals surface area contributed by atoms with E-state index < -0.39 is 12.1 Å². The third-order valence-corrected chi connectivity index (χ3v) is 3.20. The minimum absolute atomic E-state index is 0.0511. The molecule has 4 heteroatoms. The third-order valence-electron chi connectivity index (χ3n) is 3.20. The van der Waals surface area contributed by atoms with Gasteiger partial charge in [0.2, 0.25) is 0 Å². The number of hydrogen-bond acceptors (Lipinski definition) is 3. The van der Waals surface area contributed by atoms with Crippen molar-refractivity contribution in [2.75, 3.05) is 7.11 Å². The van der Waals surface area contributed by atoms with Gasteiger partial charge in [0.1, 0.15) is 5.75 Å². The number of rotatable bonds is 4. The molecule has 0 saturated carbocycles. The average molecular weight is 260 g/mol. The second-order valence-electron chi connectivity index (χ2n) is 4.39. The van der Waals surface area contributed by atoms with Crippen LogP contribution in [0, 0.1) is 0 Å². The van der Waals surface area contributed by atoms with Crippen molar-refractivity contribution in [1.82, 2.24) is 0 Å². The molecule has 2 rings (SSSR count). The Labute approximate surface area is 112 Å². The highest BCUT2D eigenvalue weighted by atomic mass is 16.5. The van der Waals surface area contributed by atoms with Crippen LogP contribution in [-0.4, -0.2) is 24.3 Å². The highest BCUT2D eigenvalue weighted by molar-refractivity contribution is 5.68. The van der Waals surface area contributed by atoms with Crippen molar-refractivity contribution >= 4 is 5.97 Å². The first-order valence-electron chi connectivity index (χ1n) is 6.04. The van der Waals surface area contributed by atoms with Gasteiger partial charge in [0.05, 0.1) is 25.7 Å². The van der Waals surface area contributed by atoms with E-state index in [0.717, 1.165) is 16.9 Å². The summed E-state index contributed by atoms with van der Waals surface area (Å²) in [6.07, 6.45) is 0.0137. The molecule has 0 aromatic heterocycles. The molecule has 1 aromatic carbocycles. The second-order valence-corrected chi connectivity index (χ2v) is 4.39. The zero-order chi connectivity index (χ0) is 13.8. The monoisotopic (exact) mass is 260 g/mol. The molecule has 0 amide bonds. The maximum Gasteiger partial charge on any atom is 0.306 e. The lowest BCUT2D eigenvalue weighted by Crippen LogP contribution is -2.13. The van der Waals surface area contributed by atoms with Gasteiger partial charge >= 0.3 is 5.97 Å². The lowest BCUT2D eigenvalue weighted by atomic mass is 10.0. The minimum atomic E-state index is -0.881. The van der Waals surface area contributed by atoms with Crippen molar-refractivity contribution in [2.24, 2.45) is 0 Å². The Balaban J connectivity index is 2.14. The zero-order valence-corrected chi connectivity index (χ0v) is 10.8. The normalized spacial score (nSPS) is 22.1. The van der Waals surface area contributed by atoms with Gasteiger partial charge in [-0.3, -0.25) is 4.79 Å². The summed E-state index contributed by atoms with van der Waals surface area (Å²) in [5.74, 6) is -0.101. The lowest BCUT2D eigenvalue weighted by molar-refractivity contribution is -0.139. The summed E-state index contributed by atoms with van der Waals surface area (Å²) in [7, 11) is 1.61. The maximum atomic E-state index is 10.8. The number of carboxylic acid groups (broad SMARTS) is 1. The number of ether oxygens (including phenoxy) is 2. The first-order valence-corrected chi connectivity index (χ1v) is 6.04. The van der Waals surface area contributed by atoms with E-state index in [1.165, 1.54) is 0 Å². The van der Waals surface area contributed by atoms with Crippen LogP contribution in [0.25, 0.3) is 0 Å². The van der Waals surface area contributed by atoms with Gasteiger partial charge in [-0.2, -0.15) is 0 Å². The molecule has 100 valence electrons. The van der Waals surface area contributed by atoms with Crippen molar-refractivity contribution in [3.05, 3.63) is 47.7 Å². The van der Waals surface area contributed by atoms with Crippen LogP contribution >= 0.6 is 0 Å². The second kappa shape index (κ2) is 5.74. The summed E-state index contributed by atoms with van der Waals surface area (Å²) in [5, 5.41) is 8.85. The van der Waals surface area contributed by atoms with Gasteiger partial charge < -0.3 is 14.6 Å². The molecular weight excluding hydrogens is 244 g/mol. The molecule has 4 nitrogen and oxygen atoms in total. The van der Waals surface area contributed by atoms with Crippen molar-refractivity contribution in [3.8, 4) is 5.75 Å². The first-order chi connectivity index (χ1) is 9.13. The van der Waals surface area contributed by atoms with E-state index in [2.05, 4.69) is 12.3 Å². The molecule has 1 fully saturated rings. The van der Waals surface area contributed by atoms with Crippen molar-refractivity contribution in [1.29, 1.82) is 0 Å². The Morgan fingerprint density at radius 3 is 2.74 bits per heavy atom. The van der Waals surface area contributed by atoms with Gasteiger partial charge in [0.25, 0.3) is 0 Å². The van der Waals surface area contributed by atoms with Crippen LogP contribution in [0.15, 0.2) is 42.1 Å². The molecule has 2 unspecified atom stereocenters. The summed E-state index contributed by atoms with van der Waals surface area (Å²) in [6, 6.07) is 7.57. The van der Waals surface area contributed by atoms with Gasteiger partial charge in [-0.1, -0.05) is 18.7 Å². The van der Waals surface area contributed by atoms with Gasteiger partial charge in [-0.25, -0.2) is 0 Å². The Hall–Kier alpha value is -2.03. The number of carbonyl (C=O) groups is 1. The fourth-order valence-electron chi connectivity index (χ4n) is 2.19. The molecule has 19 heavy (non-hydrogen) atoms. The fraction of sp³-hybridized carbons (Fsp3) is 0.333. The van der Waals surface area contributed by atoms with Crippen molar-refractivity contribution < 1.29 is 19.4 Å². The fourth-order valence-corrected chi connectivity index (χ4v) is 2.19. The van der Waals surface area contributed by atoms with Gasteiger partial charge in [-0.05, 0) is 17.7 Å². The molecule has 2 atom stereocenters. The first kappa shape index (κ1) is 13.4. The number of carboxylic acids is 1. The Bertz CT molecular complexity index is 511. The van der Waals surface area contributed by atoms with Crippen molar-refractivity contribution in [3.63, 3.8) is 0 Å². The summed E-state index contributed by atoms with van der Waals surface area (Å²) in [5.41, 5.74) is 4.62. The van der Waals surface area contributed by atoms with Gasteiger partial charge in [0, 0.05) is 12.0 Å². The predicted octanol–water partition coefficient (Wildman–Crippen LogP) is 2.71. The van der Waals surface area contributed by atoms with Crippen LogP contribution in [0.1, 0.15) is 24.5 Å². The van der Waals surface area contributed by atoms with Crippen LogP contribution < -0.4 is 4.74 Å².